The fraction of sp³-hybridized carbons (Fsp3) is 0.400. The number of thioether (sulfide) groups is 1. The van der Waals surface area contributed by atoms with Gasteiger partial charge in [-0.3, -0.25) is 10.4 Å². The topological polar surface area (TPSA) is 94.7 Å². The Morgan fingerprint density at radius 3 is 2.60 bits per heavy atom. The molecule has 0 bridgehead atoms. The Kier molecular flexibility index (Phi) is 15.8. The van der Waals surface area contributed by atoms with Crippen molar-refractivity contribution < 1.29 is 0 Å². The van der Waals surface area contributed by atoms with E-state index in [0.29, 0.717) is 0 Å². The van der Waals surface area contributed by atoms with Gasteiger partial charge in [0.1, 0.15) is 0 Å². The lowest BCUT2D eigenvalue weighted by Crippen LogP contribution is -2.38. The number of aromatic nitrogens is 3. The predicted molar refractivity (Wildman–Crippen MR) is 113 cm³/mol. The zero-order chi connectivity index (χ0) is 15.6. The Bertz CT molecular complexity index is 556. The van der Waals surface area contributed by atoms with Crippen LogP contribution in [0.2, 0.25) is 0 Å². The Hall–Kier alpha value is -1.15. The summed E-state index contributed by atoms with van der Waals surface area (Å²) in [5.41, 5.74) is 8.00. The van der Waals surface area contributed by atoms with Gasteiger partial charge in [-0.1, -0.05) is 6.07 Å². The summed E-state index contributed by atoms with van der Waals surface area (Å²) < 4.78 is 0. The van der Waals surface area contributed by atoms with Gasteiger partial charge in [-0.05, 0) is 24.5 Å². The van der Waals surface area contributed by atoms with Gasteiger partial charge in [0.05, 0.1) is 6.33 Å². The van der Waals surface area contributed by atoms with Crippen LogP contribution in [0.5, 0.6) is 0 Å². The average Bonchev–Trinajstić information content (AvgIpc) is 3.03. The fourth-order valence-electron chi connectivity index (χ4n) is 2.08. The molecule has 0 spiro atoms. The van der Waals surface area contributed by atoms with Crippen LogP contribution >= 0.6 is 49.0 Å². The van der Waals surface area contributed by atoms with Crippen LogP contribution in [0.25, 0.3) is 0 Å². The number of imidazole rings is 1. The van der Waals surface area contributed by atoms with Crippen molar-refractivity contribution in [1.82, 2.24) is 19.9 Å². The highest BCUT2D eigenvalue weighted by molar-refractivity contribution is 7.98. The largest absolute Gasteiger partial charge is 0.370 e. The third-order valence-electron chi connectivity index (χ3n) is 3.27. The Morgan fingerprint density at radius 2 is 2.00 bits per heavy atom. The highest BCUT2D eigenvalue weighted by atomic mass is 35.5. The Balaban J connectivity index is 0. The molecule has 0 unspecified atom stereocenters. The van der Waals surface area contributed by atoms with E-state index in [9.17, 15) is 0 Å². The summed E-state index contributed by atoms with van der Waals surface area (Å²) in [6.07, 6.45) is 9.07. The number of H-pyrrole nitrogens is 1. The number of nitrogens with one attached hydrogen (secondary N) is 2. The third kappa shape index (κ3) is 10.4. The summed E-state index contributed by atoms with van der Waals surface area (Å²) in [6.45, 7) is 1.59. The summed E-state index contributed by atoms with van der Waals surface area (Å²) in [5.74, 6) is 2.03. The number of hydrogen-bond acceptors (Lipinski definition) is 4. The number of pyridine rings is 1. The lowest BCUT2D eigenvalue weighted by molar-refractivity contribution is 0.426. The second-order valence-electron chi connectivity index (χ2n) is 4.97. The normalized spacial score (nSPS) is 9.28. The van der Waals surface area contributed by atoms with E-state index >= 15 is 0 Å². The predicted octanol–water partition coefficient (Wildman–Crippen LogP) is 3.13. The average molecular weight is 428 g/mol. The molecule has 142 valence electrons. The minimum absolute atomic E-state index is 0. The van der Waals surface area contributed by atoms with E-state index in [1.165, 1.54) is 5.56 Å². The van der Waals surface area contributed by atoms with E-state index in [2.05, 4.69) is 21.0 Å². The van der Waals surface area contributed by atoms with E-state index in [4.69, 9.17) is 11.1 Å². The number of nitrogens with two attached hydrogens (primary N) is 1. The first-order chi connectivity index (χ1) is 10.8. The zero-order valence-electron chi connectivity index (χ0n) is 13.8. The summed E-state index contributed by atoms with van der Waals surface area (Å²) in [5, 5.41) is 7.67. The molecular formula is C15H25Cl3N6S. The lowest BCUT2D eigenvalue weighted by atomic mass is 10.2. The molecule has 0 saturated heterocycles. The van der Waals surface area contributed by atoms with E-state index in [-0.39, 0.29) is 43.2 Å². The molecule has 10 heteroatoms. The summed E-state index contributed by atoms with van der Waals surface area (Å²) >= 11 is 1.83. The van der Waals surface area contributed by atoms with Gasteiger partial charge in [-0.25, -0.2) is 4.98 Å². The van der Waals surface area contributed by atoms with E-state index in [1.54, 1.807) is 12.5 Å². The van der Waals surface area contributed by atoms with Crippen molar-refractivity contribution in [3.63, 3.8) is 0 Å². The molecule has 2 aromatic rings. The highest BCUT2D eigenvalue weighted by Gasteiger charge is 2.06. The standard InChI is InChI=1S/C15H22N6S.3ClH/c16-15(17)21(6-2-4-14-10-19-12-20-14)7-8-22-11-13-3-1-5-18-9-13;;;/h1,3,5,9-10,12H,2,4,6-8,11H2,(H3,16,17)(H,19,20);3*1H. The monoisotopic (exact) mass is 426 g/mol. The number of aromatic amines is 1. The first-order valence-electron chi connectivity index (χ1n) is 7.28. The molecule has 2 heterocycles. The van der Waals surface area contributed by atoms with E-state index < -0.39 is 0 Å². The van der Waals surface area contributed by atoms with Gasteiger partial charge in [0.2, 0.25) is 0 Å². The van der Waals surface area contributed by atoms with Crippen molar-refractivity contribution in [1.29, 1.82) is 5.41 Å². The molecule has 2 rings (SSSR count). The smallest absolute Gasteiger partial charge is 0.188 e. The molecule has 0 aliphatic rings. The van der Waals surface area contributed by atoms with Gasteiger partial charge in [-0.15, -0.1) is 37.2 Å². The minimum Gasteiger partial charge on any atom is -0.370 e. The maximum atomic E-state index is 7.67. The number of halogens is 3. The van der Waals surface area contributed by atoms with Crippen molar-refractivity contribution in [2.45, 2.75) is 18.6 Å². The summed E-state index contributed by atoms with van der Waals surface area (Å²) in [7, 11) is 0. The molecule has 0 atom stereocenters. The first kappa shape index (κ1) is 26.1. The molecule has 0 aromatic carbocycles. The van der Waals surface area contributed by atoms with Crippen LogP contribution in [0, 0.1) is 5.41 Å². The Morgan fingerprint density at radius 1 is 1.20 bits per heavy atom. The number of hydrogen-bond donors (Lipinski definition) is 3. The van der Waals surface area contributed by atoms with E-state index in [1.807, 2.05) is 35.1 Å². The van der Waals surface area contributed by atoms with Gasteiger partial charge in [-0.2, -0.15) is 11.8 Å². The molecule has 0 fully saturated rings. The van der Waals surface area contributed by atoms with Crippen molar-refractivity contribution in [3.8, 4) is 0 Å². The molecule has 2 aromatic heterocycles. The van der Waals surface area contributed by atoms with Crippen LogP contribution in [-0.2, 0) is 12.2 Å². The first-order valence-corrected chi connectivity index (χ1v) is 8.44. The molecule has 0 saturated carbocycles. The molecule has 25 heavy (non-hydrogen) atoms. The highest BCUT2D eigenvalue weighted by Crippen LogP contribution is 2.11. The second kappa shape index (κ2) is 15.1. The van der Waals surface area contributed by atoms with E-state index in [0.717, 1.165) is 43.1 Å². The van der Waals surface area contributed by atoms with Crippen LogP contribution in [-0.4, -0.2) is 44.7 Å². The molecule has 0 radical (unpaired) electrons. The Labute approximate surface area is 171 Å². The molecule has 0 amide bonds. The van der Waals surface area contributed by atoms with Crippen LogP contribution < -0.4 is 5.73 Å². The molecule has 0 aliphatic heterocycles. The van der Waals surface area contributed by atoms with Crippen molar-refractivity contribution >= 4 is 54.9 Å². The van der Waals surface area contributed by atoms with Gasteiger partial charge < -0.3 is 15.6 Å². The van der Waals surface area contributed by atoms with Crippen molar-refractivity contribution in [3.05, 3.63) is 48.3 Å². The van der Waals surface area contributed by atoms with Gasteiger partial charge in [0, 0.05) is 48.9 Å². The fourth-order valence-corrected chi connectivity index (χ4v) is 2.98. The molecule has 0 aliphatic carbocycles. The van der Waals surface area contributed by atoms with Crippen LogP contribution in [0.3, 0.4) is 0 Å². The van der Waals surface area contributed by atoms with Gasteiger partial charge in [0.15, 0.2) is 5.96 Å². The maximum absolute atomic E-state index is 7.67. The van der Waals surface area contributed by atoms with Crippen LogP contribution in [0.1, 0.15) is 17.7 Å². The molecule has 4 N–H and O–H groups in total. The number of nitrogens with zero attached hydrogens (tertiary/aromatic N) is 3. The summed E-state index contributed by atoms with van der Waals surface area (Å²) in [4.78, 5) is 13.1. The minimum atomic E-state index is 0. The number of rotatable bonds is 9. The molecule has 6 nitrogen and oxygen atoms in total. The molecular weight excluding hydrogens is 403 g/mol. The quantitative estimate of drug-likeness (QED) is 0.325. The lowest BCUT2D eigenvalue weighted by Gasteiger charge is -2.22. The second-order valence-corrected chi connectivity index (χ2v) is 6.07. The third-order valence-corrected chi connectivity index (χ3v) is 4.28. The van der Waals surface area contributed by atoms with Crippen molar-refractivity contribution in [2.75, 3.05) is 18.8 Å². The van der Waals surface area contributed by atoms with Crippen LogP contribution in [0.15, 0.2) is 37.1 Å². The summed E-state index contributed by atoms with van der Waals surface area (Å²) in [6, 6.07) is 4.03. The van der Waals surface area contributed by atoms with Crippen molar-refractivity contribution in [2.24, 2.45) is 5.73 Å². The maximum Gasteiger partial charge on any atom is 0.188 e. The van der Waals surface area contributed by atoms with Gasteiger partial charge in [0.25, 0.3) is 0 Å². The van der Waals surface area contributed by atoms with Gasteiger partial charge >= 0.3 is 0 Å². The SMILES string of the molecule is Cl.Cl.Cl.N=C(N)N(CCCc1cnc[nH]1)CCSCc1cccnc1. The number of guanidine groups is 1. The van der Waals surface area contributed by atoms with Crippen LogP contribution in [0.4, 0.5) is 0 Å². The number of aryl methyl sites for hydroxylation is 1. The zero-order valence-corrected chi connectivity index (χ0v) is 17.0.